The Balaban J connectivity index is 2.02. The number of aliphatic imine (C=N–C) groups is 1. The molecule has 0 atom stereocenters. The molecule has 1 fully saturated rings. The molecule has 0 aliphatic carbocycles. The molecule has 0 spiro atoms. The smallest absolute Gasteiger partial charge is 0.346 e. The molecular weight excluding hydrogens is 396 g/mol. The van der Waals surface area contributed by atoms with Crippen LogP contribution >= 0.6 is 0 Å². The second-order valence-corrected chi connectivity index (χ2v) is 7.54. The number of para-hydroxylation sites is 1. The van der Waals surface area contributed by atoms with Gasteiger partial charge in [0.25, 0.3) is 11.8 Å². The Morgan fingerprint density at radius 1 is 1.10 bits per heavy atom. The summed E-state index contributed by atoms with van der Waals surface area (Å²) < 4.78 is 0. The van der Waals surface area contributed by atoms with Gasteiger partial charge in [-0.3, -0.25) is 9.59 Å². The number of hydrazine groups is 1. The first-order valence-electron chi connectivity index (χ1n) is 9.85. The summed E-state index contributed by atoms with van der Waals surface area (Å²) >= 11 is 0. The van der Waals surface area contributed by atoms with Crippen LogP contribution in [0.15, 0.2) is 77.4 Å². The maximum Gasteiger partial charge on any atom is 0.376 e. The summed E-state index contributed by atoms with van der Waals surface area (Å²) in [5.74, 6) is -1.87. The zero-order valence-corrected chi connectivity index (χ0v) is 17.6. The maximum atomic E-state index is 13.0. The molecule has 8 heteroatoms. The van der Waals surface area contributed by atoms with E-state index in [-0.39, 0.29) is 11.4 Å². The molecule has 0 bridgehead atoms. The summed E-state index contributed by atoms with van der Waals surface area (Å²) in [5, 5.41) is 4.23. The third-order valence-electron chi connectivity index (χ3n) is 4.78. The van der Waals surface area contributed by atoms with Crippen molar-refractivity contribution in [2.75, 3.05) is 5.01 Å². The predicted octanol–water partition coefficient (Wildman–Crippen LogP) is 2.94. The lowest BCUT2D eigenvalue weighted by Crippen LogP contribution is -2.46. The second kappa shape index (κ2) is 9.36. The molecule has 0 saturated carbocycles. The number of hydrogen-bond donors (Lipinski definition) is 2. The van der Waals surface area contributed by atoms with Crippen LogP contribution in [0.5, 0.6) is 0 Å². The Bertz CT molecular complexity index is 1030. The Morgan fingerprint density at radius 3 is 2.32 bits per heavy atom. The van der Waals surface area contributed by atoms with Gasteiger partial charge < -0.3 is 10.2 Å². The normalized spacial score (nSPS) is 15.7. The van der Waals surface area contributed by atoms with Gasteiger partial charge in [-0.2, -0.15) is 0 Å². The minimum atomic E-state index is -0.703. The largest absolute Gasteiger partial charge is 0.376 e. The van der Waals surface area contributed by atoms with E-state index in [4.69, 9.17) is 4.84 Å². The topological polar surface area (TPSA) is 100 Å². The summed E-state index contributed by atoms with van der Waals surface area (Å²) in [4.78, 5) is 46.9. The Morgan fingerprint density at radius 2 is 1.71 bits per heavy atom. The van der Waals surface area contributed by atoms with Gasteiger partial charge in [0, 0.05) is 17.2 Å². The van der Waals surface area contributed by atoms with E-state index in [1.165, 1.54) is 11.1 Å². The average molecular weight is 420 g/mol. The van der Waals surface area contributed by atoms with Gasteiger partial charge >= 0.3 is 5.97 Å². The molecule has 2 amide bonds. The van der Waals surface area contributed by atoms with Crippen LogP contribution in [0.3, 0.4) is 0 Å². The van der Waals surface area contributed by atoms with Crippen LogP contribution < -0.4 is 15.9 Å². The van der Waals surface area contributed by atoms with Gasteiger partial charge in [0.2, 0.25) is 0 Å². The molecule has 0 aromatic heterocycles. The first kappa shape index (κ1) is 21.9. The van der Waals surface area contributed by atoms with E-state index in [9.17, 15) is 14.4 Å². The number of amides is 2. The maximum absolute atomic E-state index is 13.0. The lowest BCUT2D eigenvalue weighted by Gasteiger charge is -2.24. The van der Waals surface area contributed by atoms with E-state index in [1.807, 2.05) is 26.8 Å². The molecule has 8 nitrogen and oxygen atoms in total. The van der Waals surface area contributed by atoms with Crippen LogP contribution in [0, 0.1) is 0 Å². The molecule has 1 heterocycles. The van der Waals surface area contributed by atoms with Crippen molar-refractivity contribution in [3.8, 4) is 0 Å². The van der Waals surface area contributed by atoms with Gasteiger partial charge in [-0.15, -0.1) is 0 Å². The number of carbonyl (C=O) groups excluding carboxylic acids is 3. The zero-order chi connectivity index (χ0) is 22.4. The minimum Gasteiger partial charge on any atom is -0.346 e. The summed E-state index contributed by atoms with van der Waals surface area (Å²) in [7, 11) is 0. The minimum absolute atomic E-state index is 0.0234. The van der Waals surface area contributed by atoms with Crippen molar-refractivity contribution in [3.05, 3.63) is 78.0 Å². The number of hydrogen-bond acceptors (Lipinski definition) is 6. The van der Waals surface area contributed by atoms with Crippen molar-refractivity contribution < 1.29 is 19.2 Å². The Kier molecular flexibility index (Phi) is 6.61. The lowest BCUT2D eigenvalue weighted by molar-refractivity contribution is -0.140. The fourth-order valence-corrected chi connectivity index (χ4v) is 2.66. The highest BCUT2D eigenvalue weighted by Gasteiger charge is 2.31. The van der Waals surface area contributed by atoms with Gasteiger partial charge in [0.1, 0.15) is 5.71 Å². The first-order valence-corrected chi connectivity index (χ1v) is 9.85. The van der Waals surface area contributed by atoms with Crippen LogP contribution in [0.4, 0.5) is 5.69 Å². The van der Waals surface area contributed by atoms with E-state index in [2.05, 4.69) is 15.9 Å². The highest BCUT2D eigenvalue weighted by atomic mass is 16.7. The molecular formula is C23H24N4O4. The van der Waals surface area contributed by atoms with Crippen LogP contribution in [-0.4, -0.2) is 29.0 Å². The van der Waals surface area contributed by atoms with E-state index in [1.54, 1.807) is 54.6 Å². The quantitative estimate of drug-likeness (QED) is 0.551. The van der Waals surface area contributed by atoms with Crippen molar-refractivity contribution in [1.29, 1.82) is 0 Å². The van der Waals surface area contributed by atoms with Crippen molar-refractivity contribution in [2.24, 2.45) is 4.99 Å². The van der Waals surface area contributed by atoms with E-state index < -0.39 is 23.3 Å². The van der Waals surface area contributed by atoms with Gasteiger partial charge in [-0.25, -0.2) is 14.8 Å². The Labute approximate surface area is 180 Å². The van der Waals surface area contributed by atoms with Crippen molar-refractivity contribution in [2.45, 2.75) is 32.7 Å². The number of carbonyl (C=O) groups is 3. The highest BCUT2D eigenvalue weighted by Crippen LogP contribution is 2.21. The lowest BCUT2D eigenvalue weighted by atomic mass is 10.0. The van der Waals surface area contributed by atoms with Gasteiger partial charge in [-0.05, 0) is 44.5 Å². The summed E-state index contributed by atoms with van der Waals surface area (Å²) in [6, 6.07) is 17.3. The molecule has 1 aliphatic heterocycles. The summed E-state index contributed by atoms with van der Waals surface area (Å²) in [5.41, 5.74) is 2.74. The molecule has 1 aliphatic rings. The monoisotopic (exact) mass is 420 g/mol. The van der Waals surface area contributed by atoms with Crippen LogP contribution in [0.25, 0.3) is 0 Å². The molecule has 0 unspecified atom stereocenters. The number of rotatable bonds is 6. The summed E-state index contributed by atoms with van der Waals surface area (Å²) in [6.07, 6.45) is 1.91. The number of nitrogens with one attached hydrogen (secondary N) is 2. The standard InChI is InChI=1S/C23H24N4O4/c1-4-23(2,3)25-21(29)18(24-20(28)16-11-7-5-8-12-16)15-19-22(30)31-26-27(19)17-13-9-6-10-14-17/h5-15,26H,4H2,1-3H3,(H,25,29)/b19-15+,24-18?. The molecule has 1 saturated heterocycles. The number of benzene rings is 2. The SMILES string of the molecule is CCC(C)(C)NC(=O)C(/C=C1\C(=O)ONN1c1ccccc1)=NC(=O)c1ccccc1. The van der Waals surface area contributed by atoms with Crippen molar-refractivity contribution >= 4 is 29.2 Å². The van der Waals surface area contributed by atoms with E-state index >= 15 is 0 Å². The van der Waals surface area contributed by atoms with E-state index in [0.29, 0.717) is 17.7 Å². The highest BCUT2D eigenvalue weighted by molar-refractivity contribution is 6.46. The molecule has 31 heavy (non-hydrogen) atoms. The predicted molar refractivity (Wildman–Crippen MR) is 117 cm³/mol. The fourth-order valence-electron chi connectivity index (χ4n) is 2.66. The van der Waals surface area contributed by atoms with Crippen LogP contribution in [-0.2, 0) is 14.4 Å². The molecule has 0 radical (unpaired) electrons. The van der Waals surface area contributed by atoms with Gasteiger partial charge in [0.05, 0.1) is 5.69 Å². The zero-order valence-electron chi connectivity index (χ0n) is 17.6. The third kappa shape index (κ3) is 5.43. The van der Waals surface area contributed by atoms with Gasteiger partial charge in [0.15, 0.2) is 5.70 Å². The van der Waals surface area contributed by atoms with E-state index in [0.717, 1.165) is 0 Å². The molecule has 2 aromatic carbocycles. The fraction of sp³-hybridized carbons (Fsp3) is 0.217. The molecule has 3 rings (SSSR count). The Hall–Kier alpha value is -3.78. The molecule has 2 aromatic rings. The second-order valence-electron chi connectivity index (χ2n) is 7.54. The first-order chi connectivity index (χ1) is 14.8. The van der Waals surface area contributed by atoms with Crippen molar-refractivity contribution in [1.82, 2.24) is 10.9 Å². The molecule has 160 valence electrons. The number of anilines is 1. The third-order valence-corrected chi connectivity index (χ3v) is 4.78. The average Bonchev–Trinajstić information content (AvgIpc) is 3.14. The van der Waals surface area contributed by atoms with Crippen molar-refractivity contribution in [3.63, 3.8) is 0 Å². The molecule has 2 N–H and O–H groups in total. The van der Waals surface area contributed by atoms with Crippen LogP contribution in [0.1, 0.15) is 37.6 Å². The summed E-state index contributed by atoms with van der Waals surface area (Å²) in [6.45, 7) is 5.65. The number of nitrogens with zero attached hydrogens (tertiary/aromatic N) is 2. The van der Waals surface area contributed by atoms with Crippen LogP contribution in [0.2, 0.25) is 0 Å². The van der Waals surface area contributed by atoms with Gasteiger partial charge in [-0.1, -0.05) is 48.9 Å².